The van der Waals surface area contributed by atoms with Crippen molar-refractivity contribution in [1.29, 1.82) is 0 Å². The van der Waals surface area contributed by atoms with Crippen molar-refractivity contribution in [3.63, 3.8) is 0 Å². The van der Waals surface area contributed by atoms with E-state index in [0.29, 0.717) is 13.2 Å². The van der Waals surface area contributed by atoms with Crippen LogP contribution in [0.2, 0.25) is 23.2 Å². The fraction of sp³-hybridized carbons (Fsp3) is 0.533. The molecule has 0 fully saturated rings. The van der Waals surface area contributed by atoms with Gasteiger partial charge in [-0.05, 0) is 30.3 Å². The van der Waals surface area contributed by atoms with Crippen molar-refractivity contribution < 1.29 is 23.1 Å². The van der Waals surface area contributed by atoms with Gasteiger partial charge in [0, 0.05) is 0 Å². The molecule has 0 spiro atoms. The smallest absolute Gasteiger partial charge is 0.373 e. The molecule has 0 aromatic heterocycles. The van der Waals surface area contributed by atoms with Gasteiger partial charge in [0.1, 0.15) is 6.61 Å². The van der Waals surface area contributed by atoms with Crippen LogP contribution in [0.5, 0.6) is 5.75 Å². The highest BCUT2D eigenvalue weighted by Crippen LogP contribution is 2.36. The van der Waals surface area contributed by atoms with Gasteiger partial charge < -0.3 is 9.16 Å². The van der Waals surface area contributed by atoms with Crippen molar-refractivity contribution in [3.8, 4) is 5.75 Å². The van der Waals surface area contributed by atoms with E-state index in [9.17, 15) is 4.39 Å². The first-order valence-electron chi connectivity index (χ1n) is 6.77. The van der Waals surface area contributed by atoms with Gasteiger partial charge in [-0.1, -0.05) is 38.4 Å². The summed E-state index contributed by atoms with van der Waals surface area (Å²) in [7, 11) is -1.78. The van der Waals surface area contributed by atoms with Crippen LogP contribution in [-0.2, 0) is 14.0 Å². The summed E-state index contributed by atoms with van der Waals surface area (Å²) in [6.45, 7) is 11.6. The van der Waals surface area contributed by atoms with Gasteiger partial charge in [0.2, 0.25) is 0 Å². The summed E-state index contributed by atoms with van der Waals surface area (Å²) in [4.78, 5) is 16.2. The van der Waals surface area contributed by atoms with Crippen molar-refractivity contribution in [2.75, 3.05) is 13.2 Å². The first-order valence-corrected chi connectivity index (χ1v) is 10.1. The summed E-state index contributed by atoms with van der Waals surface area (Å²) in [5.74, 6) is -0.345. The normalized spacial score (nSPS) is 11.2. The highest BCUT2D eigenvalue weighted by molar-refractivity contribution is 6.74. The van der Waals surface area contributed by atoms with E-state index in [0.717, 1.165) is 0 Å². The predicted molar refractivity (Wildman–Crippen MR) is 85.1 cm³/mol. The number of halogens is 2. The molecule has 124 valence electrons. The van der Waals surface area contributed by atoms with Crippen LogP contribution in [0.15, 0.2) is 18.2 Å². The molecule has 0 amide bonds. The standard InChI is InChI=1S/C14H22ClFO2Si.CO2/c1-14(2,3)19(4,5)18-10-9-17-13-11(15)7-6-8-12(13)16;2-1-3/h6-8H,9-10H2,1-5H3;. The summed E-state index contributed by atoms with van der Waals surface area (Å²) in [5.41, 5.74) is 0. The molecule has 22 heavy (non-hydrogen) atoms. The van der Waals surface area contributed by atoms with Gasteiger partial charge in [0.15, 0.2) is 19.9 Å². The second-order valence-corrected chi connectivity index (χ2v) is 11.3. The molecule has 1 aromatic rings. The maximum Gasteiger partial charge on any atom is 0.373 e. The van der Waals surface area contributed by atoms with E-state index in [1.54, 1.807) is 12.1 Å². The Hall–Kier alpha value is -1.20. The van der Waals surface area contributed by atoms with Gasteiger partial charge in [0.25, 0.3) is 0 Å². The summed E-state index contributed by atoms with van der Waals surface area (Å²) in [6.07, 6.45) is 0.250. The lowest BCUT2D eigenvalue weighted by Crippen LogP contribution is -2.41. The summed E-state index contributed by atoms with van der Waals surface area (Å²) >= 11 is 5.87. The Morgan fingerprint density at radius 3 is 2.23 bits per heavy atom. The van der Waals surface area contributed by atoms with Crippen molar-refractivity contribution in [2.45, 2.75) is 38.9 Å². The zero-order chi connectivity index (χ0) is 17.4. The zero-order valence-corrected chi connectivity index (χ0v) is 15.3. The lowest BCUT2D eigenvalue weighted by molar-refractivity contribution is -0.191. The Morgan fingerprint density at radius 2 is 1.77 bits per heavy atom. The minimum Gasteiger partial charge on any atom is -0.487 e. The Bertz CT molecular complexity index is 489. The fourth-order valence-corrected chi connectivity index (χ4v) is 2.52. The Balaban J connectivity index is 0.00000135. The molecule has 4 nitrogen and oxygen atoms in total. The number of hydrogen-bond acceptors (Lipinski definition) is 4. The molecule has 0 aliphatic rings. The van der Waals surface area contributed by atoms with Gasteiger partial charge in [-0.3, -0.25) is 0 Å². The van der Waals surface area contributed by atoms with E-state index >= 15 is 0 Å². The second-order valence-electron chi connectivity index (χ2n) is 6.09. The first kappa shape index (κ1) is 20.8. The lowest BCUT2D eigenvalue weighted by Gasteiger charge is -2.36. The Morgan fingerprint density at radius 1 is 1.23 bits per heavy atom. The number of para-hydroxylation sites is 1. The average Bonchev–Trinajstić information content (AvgIpc) is 2.36. The molecule has 0 N–H and O–H groups in total. The number of ether oxygens (including phenoxy) is 1. The predicted octanol–water partition coefficient (Wildman–Crippen LogP) is 4.30. The molecule has 0 unspecified atom stereocenters. The minimum absolute atomic E-state index is 0.1000. The van der Waals surface area contributed by atoms with Gasteiger partial charge in [0.05, 0.1) is 11.6 Å². The zero-order valence-electron chi connectivity index (χ0n) is 13.5. The van der Waals surface area contributed by atoms with Crippen LogP contribution in [-0.4, -0.2) is 27.7 Å². The maximum atomic E-state index is 13.5. The molecule has 0 heterocycles. The van der Waals surface area contributed by atoms with E-state index in [1.807, 2.05) is 0 Å². The summed E-state index contributed by atoms with van der Waals surface area (Å²) in [6, 6.07) is 4.49. The van der Waals surface area contributed by atoms with Gasteiger partial charge >= 0.3 is 6.15 Å². The van der Waals surface area contributed by atoms with Crippen LogP contribution in [0.25, 0.3) is 0 Å². The van der Waals surface area contributed by atoms with Crippen molar-refractivity contribution >= 4 is 26.1 Å². The molecule has 7 heteroatoms. The molecule has 0 radical (unpaired) electrons. The van der Waals surface area contributed by atoms with Crippen molar-refractivity contribution in [2.24, 2.45) is 0 Å². The van der Waals surface area contributed by atoms with Crippen LogP contribution < -0.4 is 4.74 Å². The molecule has 1 aromatic carbocycles. The summed E-state index contributed by atoms with van der Waals surface area (Å²) in [5, 5.41) is 0.440. The molecule has 1 rings (SSSR count). The van der Waals surface area contributed by atoms with E-state index in [1.165, 1.54) is 6.07 Å². The molecular formula is C15H22ClFO4Si. The third-order valence-corrected chi connectivity index (χ3v) is 8.35. The van der Waals surface area contributed by atoms with Gasteiger partial charge in [-0.25, -0.2) is 4.39 Å². The topological polar surface area (TPSA) is 52.6 Å². The Labute approximate surface area is 136 Å². The van der Waals surface area contributed by atoms with Crippen LogP contribution in [0.4, 0.5) is 4.39 Å². The third-order valence-electron chi connectivity index (χ3n) is 3.52. The third kappa shape index (κ3) is 6.71. The average molecular weight is 349 g/mol. The lowest BCUT2D eigenvalue weighted by atomic mass is 10.2. The molecule has 0 aliphatic heterocycles. The molecule has 0 aliphatic carbocycles. The monoisotopic (exact) mass is 348 g/mol. The highest BCUT2D eigenvalue weighted by atomic mass is 35.5. The van der Waals surface area contributed by atoms with Crippen LogP contribution in [0.1, 0.15) is 20.8 Å². The molecule has 0 bridgehead atoms. The number of hydrogen-bond donors (Lipinski definition) is 0. The van der Waals surface area contributed by atoms with E-state index in [2.05, 4.69) is 33.9 Å². The quantitative estimate of drug-likeness (QED) is 0.588. The van der Waals surface area contributed by atoms with Crippen LogP contribution >= 0.6 is 11.6 Å². The first-order chi connectivity index (χ1) is 10.1. The highest BCUT2D eigenvalue weighted by Gasteiger charge is 2.36. The number of benzene rings is 1. The van der Waals surface area contributed by atoms with Crippen molar-refractivity contribution in [1.82, 2.24) is 0 Å². The number of carbonyl (C=O) groups excluding carboxylic acids is 2. The SMILES string of the molecule is CC(C)(C)[Si](C)(C)OCCOc1c(F)cccc1Cl.O=C=O. The Kier molecular flexibility index (Phi) is 8.56. The minimum atomic E-state index is -1.78. The van der Waals surface area contributed by atoms with E-state index in [4.69, 9.17) is 30.4 Å². The van der Waals surface area contributed by atoms with Crippen LogP contribution in [0.3, 0.4) is 0 Å². The largest absolute Gasteiger partial charge is 0.487 e. The molecule has 0 saturated heterocycles. The number of rotatable bonds is 5. The maximum absolute atomic E-state index is 13.5. The van der Waals surface area contributed by atoms with E-state index in [-0.39, 0.29) is 22.0 Å². The van der Waals surface area contributed by atoms with E-state index < -0.39 is 14.1 Å². The van der Waals surface area contributed by atoms with Crippen LogP contribution in [0, 0.1) is 5.82 Å². The molecule has 0 saturated carbocycles. The second kappa shape index (κ2) is 9.05. The molecule has 0 atom stereocenters. The fourth-order valence-electron chi connectivity index (χ4n) is 1.28. The van der Waals surface area contributed by atoms with Gasteiger partial charge in [-0.15, -0.1) is 0 Å². The summed E-state index contributed by atoms with van der Waals surface area (Å²) < 4.78 is 24.8. The van der Waals surface area contributed by atoms with Gasteiger partial charge in [-0.2, -0.15) is 9.59 Å². The van der Waals surface area contributed by atoms with Crippen molar-refractivity contribution in [3.05, 3.63) is 29.0 Å². The molecular weight excluding hydrogens is 327 g/mol.